The Kier molecular flexibility index (Phi) is 5.18. The predicted octanol–water partition coefficient (Wildman–Crippen LogP) is 3.29. The number of ether oxygens (including phenoxy) is 2. The van der Waals surface area contributed by atoms with Crippen LogP contribution in [0.3, 0.4) is 0 Å². The summed E-state index contributed by atoms with van der Waals surface area (Å²) in [7, 11) is 1.45. The number of amides is 1. The fourth-order valence-electron chi connectivity index (χ4n) is 5.11. The minimum absolute atomic E-state index is 0.00788. The second kappa shape index (κ2) is 7.57. The summed E-state index contributed by atoms with van der Waals surface area (Å²) in [5.41, 5.74) is 7.87. The Labute approximate surface area is 155 Å². The van der Waals surface area contributed by atoms with Gasteiger partial charge in [0.05, 0.1) is 25.9 Å². The molecule has 5 nitrogen and oxygen atoms in total. The van der Waals surface area contributed by atoms with Crippen molar-refractivity contribution in [3.8, 4) is 0 Å². The van der Waals surface area contributed by atoms with Crippen molar-refractivity contribution in [1.82, 2.24) is 4.90 Å². The SMILES string of the molecule is COC(=O)N1[C@@H]2CC[C@@H]2[C@H](N)[C@@H]1COC1CCC(c2ccccc2)CC1. The second-order valence-electron chi connectivity index (χ2n) is 8.05. The third-order valence-electron chi connectivity index (χ3n) is 6.78. The van der Waals surface area contributed by atoms with E-state index in [0.717, 1.165) is 38.5 Å². The highest BCUT2D eigenvalue weighted by atomic mass is 16.5. The molecule has 142 valence electrons. The molecule has 2 aliphatic carbocycles. The highest BCUT2D eigenvalue weighted by Gasteiger charge is 2.54. The molecule has 2 N–H and O–H groups in total. The van der Waals surface area contributed by atoms with Gasteiger partial charge in [-0.05, 0) is 55.9 Å². The van der Waals surface area contributed by atoms with Crippen LogP contribution in [0.5, 0.6) is 0 Å². The van der Waals surface area contributed by atoms with E-state index in [1.165, 1.54) is 12.7 Å². The summed E-state index contributed by atoms with van der Waals surface area (Å²) in [5, 5.41) is 0. The molecule has 0 bridgehead atoms. The highest BCUT2D eigenvalue weighted by Crippen LogP contribution is 2.43. The molecule has 1 aliphatic heterocycles. The van der Waals surface area contributed by atoms with Crippen molar-refractivity contribution in [2.24, 2.45) is 11.7 Å². The number of methoxy groups -OCH3 is 1. The van der Waals surface area contributed by atoms with Gasteiger partial charge in [-0.1, -0.05) is 30.3 Å². The van der Waals surface area contributed by atoms with Crippen LogP contribution in [0, 0.1) is 5.92 Å². The van der Waals surface area contributed by atoms with Crippen LogP contribution in [0.25, 0.3) is 0 Å². The van der Waals surface area contributed by atoms with Gasteiger partial charge in [-0.25, -0.2) is 4.79 Å². The molecule has 0 spiro atoms. The molecule has 26 heavy (non-hydrogen) atoms. The Hall–Kier alpha value is -1.59. The minimum Gasteiger partial charge on any atom is -0.453 e. The Balaban J connectivity index is 1.31. The molecule has 4 rings (SSSR count). The van der Waals surface area contributed by atoms with Gasteiger partial charge >= 0.3 is 6.09 Å². The molecule has 0 unspecified atom stereocenters. The summed E-state index contributed by atoms with van der Waals surface area (Å²) in [6.45, 7) is 0.532. The fraction of sp³-hybridized carbons (Fsp3) is 0.667. The first-order valence-corrected chi connectivity index (χ1v) is 9.97. The Bertz CT molecular complexity index is 615. The van der Waals surface area contributed by atoms with Crippen LogP contribution >= 0.6 is 0 Å². The molecule has 1 aromatic carbocycles. The maximum absolute atomic E-state index is 12.2. The van der Waals surface area contributed by atoms with Gasteiger partial charge in [0.25, 0.3) is 0 Å². The zero-order valence-electron chi connectivity index (χ0n) is 15.5. The lowest BCUT2D eigenvalue weighted by atomic mass is 9.77. The molecule has 4 atom stereocenters. The number of nitrogens with two attached hydrogens (primary N) is 1. The van der Waals surface area contributed by atoms with Crippen LogP contribution in [0.15, 0.2) is 30.3 Å². The smallest absolute Gasteiger partial charge is 0.410 e. The van der Waals surface area contributed by atoms with Gasteiger partial charge in [0.1, 0.15) is 0 Å². The molecule has 1 amide bonds. The topological polar surface area (TPSA) is 64.8 Å². The molecular formula is C21H30N2O3. The van der Waals surface area contributed by atoms with Crippen LogP contribution < -0.4 is 5.73 Å². The van der Waals surface area contributed by atoms with Crippen molar-refractivity contribution < 1.29 is 14.3 Å². The largest absolute Gasteiger partial charge is 0.453 e. The first-order chi connectivity index (χ1) is 12.7. The molecular weight excluding hydrogens is 328 g/mol. The van der Waals surface area contributed by atoms with E-state index in [1.54, 1.807) is 0 Å². The van der Waals surface area contributed by atoms with E-state index in [2.05, 4.69) is 30.3 Å². The van der Waals surface area contributed by atoms with Crippen LogP contribution in [-0.2, 0) is 9.47 Å². The lowest BCUT2D eigenvalue weighted by molar-refractivity contribution is -0.00959. The van der Waals surface area contributed by atoms with E-state index in [-0.39, 0.29) is 30.3 Å². The molecule has 0 radical (unpaired) electrons. The van der Waals surface area contributed by atoms with Gasteiger partial charge < -0.3 is 15.2 Å². The van der Waals surface area contributed by atoms with Crippen molar-refractivity contribution in [1.29, 1.82) is 0 Å². The van der Waals surface area contributed by atoms with Crippen LogP contribution in [0.4, 0.5) is 4.79 Å². The normalized spacial score (nSPS) is 36.3. The Morgan fingerprint density at radius 2 is 1.85 bits per heavy atom. The number of fused-ring (bicyclic) bond motifs is 1. The van der Waals surface area contributed by atoms with Crippen molar-refractivity contribution in [2.45, 2.75) is 68.7 Å². The quantitative estimate of drug-likeness (QED) is 0.897. The number of rotatable bonds is 4. The van der Waals surface area contributed by atoms with Gasteiger partial charge in [0.15, 0.2) is 0 Å². The van der Waals surface area contributed by atoms with Crippen LogP contribution in [0.2, 0.25) is 0 Å². The van der Waals surface area contributed by atoms with Gasteiger partial charge in [0.2, 0.25) is 0 Å². The Morgan fingerprint density at radius 1 is 1.12 bits per heavy atom. The summed E-state index contributed by atoms with van der Waals surface area (Å²) in [6, 6.07) is 11.0. The van der Waals surface area contributed by atoms with E-state index in [9.17, 15) is 4.79 Å². The molecule has 1 heterocycles. The van der Waals surface area contributed by atoms with Gasteiger partial charge in [-0.15, -0.1) is 0 Å². The first kappa shape index (κ1) is 17.8. The molecule has 1 saturated heterocycles. The van der Waals surface area contributed by atoms with E-state index in [1.807, 2.05) is 4.90 Å². The van der Waals surface area contributed by atoms with Crippen molar-refractivity contribution in [3.63, 3.8) is 0 Å². The molecule has 1 aromatic rings. The van der Waals surface area contributed by atoms with E-state index < -0.39 is 0 Å². The average Bonchev–Trinajstić information content (AvgIpc) is 2.85. The zero-order chi connectivity index (χ0) is 18.1. The molecule has 2 saturated carbocycles. The molecule has 0 aromatic heterocycles. The lowest BCUT2D eigenvalue weighted by Crippen LogP contribution is -2.48. The number of hydrogen-bond acceptors (Lipinski definition) is 4. The number of carbonyl (C=O) groups is 1. The first-order valence-electron chi connectivity index (χ1n) is 9.97. The summed E-state index contributed by atoms with van der Waals surface area (Å²) in [5.74, 6) is 1.06. The molecule has 5 heteroatoms. The van der Waals surface area contributed by atoms with E-state index >= 15 is 0 Å². The zero-order valence-corrected chi connectivity index (χ0v) is 15.5. The number of benzene rings is 1. The van der Waals surface area contributed by atoms with Crippen LogP contribution in [-0.4, -0.2) is 48.9 Å². The van der Waals surface area contributed by atoms with Gasteiger partial charge in [0, 0.05) is 12.1 Å². The summed E-state index contributed by atoms with van der Waals surface area (Å²) < 4.78 is 11.2. The van der Waals surface area contributed by atoms with Gasteiger partial charge in [-0.3, -0.25) is 4.90 Å². The second-order valence-corrected chi connectivity index (χ2v) is 8.05. The van der Waals surface area contributed by atoms with E-state index in [0.29, 0.717) is 18.4 Å². The monoisotopic (exact) mass is 358 g/mol. The number of nitrogens with zero attached hydrogens (tertiary/aromatic N) is 1. The number of carbonyl (C=O) groups excluding carboxylic acids is 1. The lowest BCUT2D eigenvalue weighted by Gasteiger charge is -2.36. The number of likely N-dealkylation sites (tertiary alicyclic amines) is 1. The third kappa shape index (κ3) is 3.23. The predicted molar refractivity (Wildman–Crippen MR) is 99.9 cm³/mol. The standard InChI is InChI=1S/C21H30N2O3/c1-25-21(24)23-18-12-11-17(18)20(22)19(23)13-26-16-9-7-15(8-10-16)14-5-3-2-4-6-14/h2-6,15-20H,7-13,22H2,1H3/t15?,16?,17-,18+,19-,20-/m0/s1. The fourth-order valence-corrected chi connectivity index (χ4v) is 5.11. The molecule has 3 fully saturated rings. The number of hydrogen-bond donors (Lipinski definition) is 1. The summed E-state index contributed by atoms with van der Waals surface area (Å²) >= 11 is 0. The molecule has 3 aliphatic rings. The third-order valence-corrected chi connectivity index (χ3v) is 6.78. The van der Waals surface area contributed by atoms with E-state index in [4.69, 9.17) is 15.2 Å². The summed E-state index contributed by atoms with van der Waals surface area (Å²) in [4.78, 5) is 14.1. The van der Waals surface area contributed by atoms with Crippen molar-refractivity contribution in [3.05, 3.63) is 35.9 Å². The maximum Gasteiger partial charge on any atom is 0.410 e. The van der Waals surface area contributed by atoms with Crippen LogP contribution in [0.1, 0.15) is 50.0 Å². The summed E-state index contributed by atoms with van der Waals surface area (Å²) in [6.07, 6.45) is 6.65. The van der Waals surface area contributed by atoms with Crippen molar-refractivity contribution >= 4 is 6.09 Å². The highest BCUT2D eigenvalue weighted by molar-refractivity contribution is 5.69. The van der Waals surface area contributed by atoms with Crippen molar-refractivity contribution in [2.75, 3.05) is 13.7 Å². The van der Waals surface area contributed by atoms with Gasteiger partial charge in [-0.2, -0.15) is 0 Å². The average molecular weight is 358 g/mol. The minimum atomic E-state index is -0.256. The maximum atomic E-state index is 12.2. The Morgan fingerprint density at radius 3 is 2.46 bits per heavy atom.